The van der Waals surface area contributed by atoms with Crippen LogP contribution >= 0.6 is 23.2 Å². The van der Waals surface area contributed by atoms with Gasteiger partial charge in [-0.3, -0.25) is 10.2 Å². The number of carbonyl (C=O) groups excluding carboxylic acids is 1. The van der Waals surface area contributed by atoms with E-state index < -0.39 is 0 Å². The number of hydrogen-bond donors (Lipinski definition) is 2. The van der Waals surface area contributed by atoms with Gasteiger partial charge in [0.25, 0.3) is 0 Å². The Hall–Kier alpha value is -1.52. The molecule has 1 aliphatic rings. The highest BCUT2D eigenvalue weighted by atomic mass is 35.5. The van der Waals surface area contributed by atoms with Crippen molar-refractivity contribution in [1.82, 2.24) is 0 Å². The molecule has 2 N–H and O–H groups in total. The molecule has 112 valence electrons. The largest absolute Gasteiger partial charge is 0.511 e. The molecule has 0 bridgehead atoms. The van der Waals surface area contributed by atoms with Crippen LogP contribution < -0.4 is 5.43 Å². The summed E-state index contributed by atoms with van der Waals surface area (Å²) in [5, 5.41) is 14.9. The number of nitrogens with zero attached hydrogens (tertiary/aromatic N) is 1. The van der Waals surface area contributed by atoms with E-state index in [-0.39, 0.29) is 22.5 Å². The Bertz CT molecular complexity index is 637. The molecule has 1 aromatic rings. The number of allylic oxidation sites excluding steroid dienone is 2. The fourth-order valence-electron chi connectivity index (χ4n) is 2.19. The van der Waals surface area contributed by atoms with Crippen molar-refractivity contribution in [2.45, 2.75) is 26.7 Å². The van der Waals surface area contributed by atoms with E-state index in [1.54, 1.807) is 18.2 Å². The van der Waals surface area contributed by atoms with Crippen LogP contribution in [-0.4, -0.2) is 17.1 Å². The summed E-state index contributed by atoms with van der Waals surface area (Å²) in [5.74, 6) is -0.0412. The average molecular weight is 327 g/mol. The lowest BCUT2D eigenvalue weighted by Crippen LogP contribution is -2.26. The van der Waals surface area contributed by atoms with E-state index in [2.05, 4.69) is 10.5 Å². The summed E-state index contributed by atoms with van der Waals surface area (Å²) in [6.45, 7) is 3.89. The van der Waals surface area contributed by atoms with Gasteiger partial charge in [0.05, 0.1) is 22.5 Å². The van der Waals surface area contributed by atoms with Crippen molar-refractivity contribution in [3.05, 3.63) is 39.6 Å². The van der Waals surface area contributed by atoms with Crippen LogP contribution in [0.4, 0.5) is 5.69 Å². The first-order chi connectivity index (χ1) is 9.78. The van der Waals surface area contributed by atoms with Gasteiger partial charge in [0.1, 0.15) is 5.76 Å². The van der Waals surface area contributed by atoms with Crippen molar-refractivity contribution in [2.75, 3.05) is 5.43 Å². The van der Waals surface area contributed by atoms with Crippen LogP contribution in [0.2, 0.25) is 10.0 Å². The third-order valence-corrected chi connectivity index (χ3v) is 3.75. The summed E-state index contributed by atoms with van der Waals surface area (Å²) >= 11 is 11.8. The molecule has 1 aromatic carbocycles. The highest BCUT2D eigenvalue weighted by Gasteiger charge is 2.32. The molecule has 4 nitrogen and oxygen atoms in total. The number of anilines is 1. The molecule has 0 radical (unpaired) electrons. The van der Waals surface area contributed by atoms with Crippen LogP contribution in [0.15, 0.2) is 34.6 Å². The Morgan fingerprint density at radius 2 is 2.05 bits per heavy atom. The van der Waals surface area contributed by atoms with Gasteiger partial charge in [-0.15, -0.1) is 0 Å². The molecule has 0 atom stereocenters. The molecule has 2 rings (SSSR count). The molecule has 6 heteroatoms. The van der Waals surface area contributed by atoms with Gasteiger partial charge in [0, 0.05) is 17.9 Å². The Morgan fingerprint density at radius 3 is 2.67 bits per heavy atom. The maximum absolute atomic E-state index is 12.0. The number of aliphatic hydroxyl groups is 1. The van der Waals surface area contributed by atoms with Crippen LogP contribution in [0.3, 0.4) is 0 Å². The molecule has 0 saturated heterocycles. The van der Waals surface area contributed by atoms with Crippen molar-refractivity contribution in [2.24, 2.45) is 10.5 Å². The smallest absolute Gasteiger partial charge is 0.168 e. The third-order valence-electron chi connectivity index (χ3n) is 3.21. The molecule has 0 saturated carbocycles. The first kappa shape index (κ1) is 15.9. The topological polar surface area (TPSA) is 61.7 Å². The molecule has 1 aliphatic carbocycles. The number of benzene rings is 1. The van der Waals surface area contributed by atoms with Crippen molar-refractivity contribution < 1.29 is 9.90 Å². The highest BCUT2D eigenvalue weighted by Crippen LogP contribution is 2.35. The van der Waals surface area contributed by atoms with Crippen molar-refractivity contribution in [3.8, 4) is 0 Å². The van der Waals surface area contributed by atoms with Crippen molar-refractivity contribution >= 4 is 40.9 Å². The predicted molar refractivity (Wildman–Crippen MR) is 86.3 cm³/mol. The van der Waals surface area contributed by atoms with Gasteiger partial charge in [0.2, 0.25) is 0 Å². The number of rotatable bonds is 3. The minimum atomic E-state index is -0.217. The van der Waals surface area contributed by atoms with E-state index in [0.717, 1.165) is 0 Å². The zero-order valence-corrected chi connectivity index (χ0v) is 13.3. The van der Waals surface area contributed by atoms with Gasteiger partial charge in [-0.2, -0.15) is 5.10 Å². The van der Waals surface area contributed by atoms with Crippen molar-refractivity contribution in [1.29, 1.82) is 0 Å². The van der Waals surface area contributed by atoms with E-state index in [9.17, 15) is 9.90 Å². The highest BCUT2D eigenvalue weighted by molar-refractivity contribution is 6.36. The molecule has 0 unspecified atom stereocenters. The minimum absolute atomic E-state index is 0.0732. The zero-order valence-electron chi connectivity index (χ0n) is 11.8. The van der Waals surface area contributed by atoms with E-state index in [0.29, 0.717) is 28.6 Å². The number of ketones is 1. The lowest BCUT2D eigenvalue weighted by atomic mass is 9.77. The van der Waals surface area contributed by atoms with Crippen molar-refractivity contribution in [3.63, 3.8) is 0 Å². The lowest BCUT2D eigenvalue weighted by Gasteiger charge is -2.28. The second kappa shape index (κ2) is 6.08. The summed E-state index contributed by atoms with van der Waals surface area (Å²) in [6.07, 6.45) is 2.18. The monoisotopic (exact) mass is 326 g/mol. The molecule has 21 heavy (non-hydrogen) atoms. The molecule has 0 amide bonds. The van der Waals surface area contributed by atoms with Crippen LogP contribution in [-0.2, 0) is 4.79 Å². The zero-order chi connectivity index (χ0) is 15.6. The third kappa shape index (κ3) is 3.99. The van der Waals surface area contributed by atoms with Crippen LogP contribution in [0.1, 0.15) is 26.7 Å². The molecule has 0 aromatic heterocycles. The van der Waals surface area contributed by atoms with Gasteiger partial charge in [-0.25, -0.2) is 0 Å². The predicted octanol–water partition coefficient (Wildman–Crippen LogP) is 4.59. The fraction of sp³-hybridized carbons (Fsp3) is 0.333. The maximum atomic E-state index is 12.0. The second-order valence-corrected chi connectivity index (χ2v) is 6.64. The summed E-state index contributed by atoms with van der Waals surface area (Å²) in [7, 11) is 0. The lowest BCUT2D eigenvalue weighted by molar-refractivity contribution is -0.117. The number of halogens is 2. The first-order valence-corrected chi connectivity index (χ1v) is 7.23. The quantitative estimate of drug-likeness (QED) is 0.630. The summed E-state index contributed by atoms with van der Waals surface area (Å²) in [5.41, 5.74) is 3.33. The average Bonchev–Trinajstić information content (AvgIpc) is 2.33. The van der Waals surface area contributed by atoms with Gasteiger partial charge >= 0.3 is 0 Å². The van der Waals surface area contributed by atoms with Crippen LogP contribution in [0.25, 0.3) is 0 Å². The molecule has 0 aliphatic heterocycles. The number of nitrogens with one attached hydrogen (secondary N) is 1. The Kier molecular flexibility index (Phi) is 4.59. The summed E-state index contributed by atoms with van der Waals surface area (Å²) in [6, 6.07) is 4.95. The Morgan fingerprint density at radius 1 is 1.33 bits per heavy atom. The molecule has 0 heterocycles. The van der Waals surface area contributed by atoms with E-state index in [4.69, 9.17) is 23.2 Å². The Balaban J connectivity index is 2.12. The molecule has 0 fully saturated rings. The normalized spacial score (nSPS) is 18.4. The van der Waals surface area contributed by atoms with Gasteiger partial charge < -0.3 is 5.11 Å². The number of carbonyl (C=O) groups is 1. The van der Waals surface area contributed by atoms with E-state index in [1.165, 1.54) is 6.21 Å². The van der Waals surface area contributed by atoms with Crippen LogP contribution in [0.5, 0.6) is 0 Å². The number of aliphatic hydroxyl groups excluding tert-OH is 1. The second-order valence-electron chi connectivity index (χ2n) is 5.80. The molecular formula is C15H16Cl2N2O2. The molecule has 0 spiro atoms. The van der Waals surface area contributed by atoms with Gasteiger partial charge in [-0.05, 0) is 23.6 Å². The Labute approximate surface area is 133 Å². The summed E-state index contributed by atoms with van der Waals surface area (Å²) in [4.78, 5) is 12.0. The fourth-order valence-corrected chi connectivity index (χ4v) is 2.65. The standard InChI is InChI=1S/C15H16Cl2N2O2/c1-15(2)6-13(20)10(14(21)7-15)8-18-19-12-4-3-9(16)5-11(12)17/h3-5,8,19-20H,6-7H2,1-2H3/b18-8+. The van der Waals surface area contributed by atoms with Gasteiger partial charge in [-0.1, -0.05) is 37.0 Å². The number of Topliss-reactive ketones (excluding diaryl/α,β-unsaturated/α-hetero) is 1. The number of hydrazone groups is 1. The molecular weight excluding hydrogens is 311 g/mol. The maximum Gasteiger partial charge on any atom is 0.168 e. The van der Waals surface area contributed by atoms with Gasteiger partial charge in [0.15, 0.2) is 5.78 Å². The number of hydrogen-bond acceptors (Lipinski definition) is 4. The van der Waals surface area contributed by atoms with Crippen LogP contribution in [0, 0.1) is 5.41 Å². The SMILES string of the molecule is CC1(C)CC(=O)C(/C=N/Nc2ccc(Cl)cc2Cl)=C(O)C1. The minimum Gasteiger partial charge on any atom is -0.511 e. The van der Waals surface area contributed by atoms with E-state index in [1.807, 2.05) is 13.8 Å². The first-order valence-electron chi connectivity index (χ1n) is 6.48. The summed E-state index contributed by atoms with van der Waals surface area (Å²) < 4.78 is 0. The van der Waals surface area contributed by atoms with E-state index >= 15 is 0 Å².